The number of aromatic nitrogens is 7. The van der Waals surface area contributed by atoms with Gasteiger partial charge in [0, 0.05) is 25.7 Å². The maximum atomic E-state index is 15.5. The molecule has 0 aliphatic carbocycles. The number of nitrogens with one attached hydrogen (secondary N) is 1. The zero-order valence-corrected chi connectivity index (χ0v) is 31.8. The number of imidazole rings is 1. The van der Waals surface area contributed by atoms with Crippen molar-refractivity contribution in [2.45, 2.75) is 73.9 Å². The fourth-order valence-electron chi connectivity index (χ4n) is 6.47. The van der Waals surface area contributed by atoms with Gasteiger partial charge in [-0.1, -0.05) is 12.2 Å². The Morgan fingerprint density at radius 3 is 2.81 bits per heavy atom. The van der Waals surface area contributed by atoms with Gasteiger partial charge in [-0.3, -0.25) is 23.2 Å². The van der Waals surface area contributed by atoms with Crippen molar-refractivity contribution in [2.24, 2.45) is 0 Å². The molecule has 3 aliphatic heterocycles. The van der Waals surface area contributed by atoms with Gasteiger partial charge >= 0.3 is 6.72 Å². The first-order valence-corrected chi connectivity index (χ1v) is 22.2. The van der Waals surface area contributed by atoms with E-state index in [-0.39, 0.29) is 43.9 Å². The number of alkyl halides is 1. The Bertz CT molecular complexity index is 2080. The molecule has 1 amide bonds. The number of thiol groups is 1. The summed E-state index contributed by atoms with van der Waals surface area (Å²) in [5.41, 5.74) is 0.987. The van der Waals surface area contributed by atoms with E-state index in [0.717, 1.165) is 34.6 Å². The van der Waals surface area contributed by atoms with E-state index in [0.29, 0.717) is 5.65 Å². The number of carbonyl (C=O) groups is 1. The van der Waals surface area contributed by atoms with Crippen LogP contribution in [-0.4, -0.2) is 122 Å². The summed E-state index contributed by atoms with van der Waals surface area (Å²) in [5, 5.41) is 24.3. The third kappa shape index (κ3) is 8.34. The van der Waals surface area contributed by atoms with Crippen LogP contribution in [0, 0.1) is 0 Å². The molecule has 0 saturated carbocycles. The summed E-state index contributed by atoms with van der Waals surface area (Å²) >= 11 is 10.8. The van der Waals surface area contributed by atoms with E-state index in [4.69, 9.17) is 40.0 Å². The van der Waals surface area contributed by atoms with Crippen LogP contribution < -0.4 is 10.9 Å². The van der Waals surface area contributed by atoms with E-state index < -0.39 is 75.4 Å². The molecule has 19 nitrogen and oxygen atoms in total. The fraction of sp³-hybridized carbons (Fsp3) is 0.571. The second-order valence-corrected chi connectivity index (χ2v) is 18.0. The van der Waals surface area contributed by atoms with Crippen LogP contribution in [-0.2, 0) is 52.6 Å². The molecule has 0 aromatic carbocycles. The molecule has 0 spiro atoms. The number of ether oxygens (including phenoxy) is 2. The number of aryl methyl sites for hydroxylation is 1. The lowest BCUT2D eigenvalue weighted by Gasteiger charge is -2.26. The Kier molecular flexibility index (Phi) is 12.1. The first-order valence-electron chi connectivity index (χ1n) is 16.3. The second-order valence-electron chi connectivity index (χ2n) is 12.3. The summed E-state index contributed by atoms with van der Waals surface area (Å²) < 4.78 is 48.4. The highest BCUT2D eigenvalue weighted by atomic mass is 32.7. The topological polar surface area (TPSA) is 240 Å². The predicted molar refractivity (Wildman–Crippen MR) is 193 cm³/mol. The van der Waals surface area contributed by atoms with Crippen molar-refractivity contribution in [1.82, 2.24) is 39.0 Å². The maximum Gasteiger partial charge on any atom is 0.325 e. The first-order chi connectivity index (χ1) is 25.4. The van der Waals surface area contributed by atoms with E-state index in [1.165, 1.54) is 28.1 Å². The van der Waals surface area contributed by atoms with Gasteiger partial charge in [0.2, 0.25) is 13.5 Å². The maximum absolute atomic E-state index is 15.5. The van der Waals surface area contributed by atoms with Crippen molar-refractivity contribution in [3.8, 4) is 0 Å². The van der Waals surface area contributed by atoms with Gasteiger partial charge in [-0.05, 0) is 36.0 Å². The predicted octanol–water partition coefficient (Wildman–Crippen LogP) is 0.853. The molecular formula is C28H35FN8O11P2S3. The number of carbonyl (C=O) groups excluding carboxylic acids is 1. The van der Waals surface area contributed by atoms with E-state index in [9.17, 15) is 24.5 Å². The van der Waals surface area contributed by atoms with Crippen molar-refractivity contribution in [3.63, 3.8) is 0 Å². The van der Waals surface area contributed by atoms with E-state index in [2.05, 4.69) is 37.5 Å². The van der Waals surface area contributed by atoms with Crippen LogP contribution in [0.3, 0.4) is 0 Å². The monoisotopic (exact) mass is 836 g/mol. The number of hydrogen-bond donors (Lipinski definition) is 6. The molecular weight excluding hydrogens is 801 g/mol. The summed E-state index contributed by atoms with van der Waals surface area (Å²) in [6.45, 7) is -5.49. The van der Waals surface area contributed by atoms with Gasteiger partial charge in [0.1, 0.15) is 54.4 Å². The zero-order valence-electron chi connectivity index (χ0n) is 27.5. The number of rotatable bonds is 14. The Labute approximate surface area is 315 Å². The molecule has 4 aromatic rings. The summed E-state index contributed by atoms with van der Waals surface area (Å²) in [6.07, 6.45) is -1.17. The first kappa shape index (κ1) is 39.0. The van der Waals surface area contributed by atoms with Gasteiger partial charge in [-0.15, -0.1) is 11.8 Å². The molecule has 288 valence electrons. The van der Waals surface area contributed by atoms with Crippen LogP contribution in [0.1, 0.15) is 30.9 Å². The highest BCUT2D eigenvalue weighted by Crippen LogP contribution is 2.51. The lowest BCUT2D eigenvalue weighted by Crippen LogP contribution is -2.35. The van der Waals surface area contributed by atoms with Crippen LogP contribution in [0.2, 0.25) is 0 Å². The third-order valence-corrected chi connectivity index (χ3v) is 12.2. The molecule has 3 unspecified atom stereocenters. The zero-order chi connectivity index (χ0) is 37.4. The Balaban J connectivity index is 1.06. The van der Waals surface area contributed by atoms with Gasteiger partial charge in [-0.25, -0.2) is 24.3 Å². The molecule has 7 rings (SSSR count). The van der Waals surface area contributed by atoms with Gasteiger partial charge in [0.05, 0.1) is 31.0 Å². The quantitative estimate of drug-likeness (QED) is 0.0586. The summed E-state index contributed by atoms with van der Waals surface area (Å²) in [6, 6.07) is 0. The van der Waals surface area contributed by atoms with Crippen LogP contribution in [0.4, 0.5) is 4.39 Å². The summed E-state index contributed by atoms with van der Waals surface area (Å²) in [4.78, 5) is 62.7. The highest BCUT2D eigenvalue weighted by molar-refractivity contribution is 8.41. The normalized spacial score (nSPS) is 27.6. The average Bonchev–Trinajstić information content (AvgIpc) is 3.86. The van der Waals surface area contributed by atoms with Crippen molar-refractivity contribution in [2.75, 3.05) is 32.1 Å². The number of amides is 1. The van der Waals surface area contributed by atoms with Crippen molar-refractivity contribution in [1.29, 1.82) is 0 Å². The van der Waals surface area contributed by atoms with Gasteiger partial charge < -0.3 is 48.4 Å². The number of fused-ring (bicyclic) bond motifs is 1. The van der Waals surface area contributed by atoms with Gasteiger partial charge in [-0.2, -0.15) is 0 Å². The highest BCUT2D eigenvalue weighted by Gasteiger charge is 2.49. The summed E-state index contributed by atoms with van der Waals surface area (Å²) in [7, 11) is -2.12. The van der Waals surface area contributed by atoms with Crippen LogP contribution >= 0.6 is 38.3 Å². The summed E-state index contributed by atoms with van der Waals surface area (Å²) in [5.74, 6) is 0.315. The molecule has 3 aliphatic rings. The Morgan fingerprint density at radius 1 is 1.19 bits per heavy atom. The minimum Gasteiger partial charge on any atom is -0.387 e. The lowest BCUT2D eigenvalue weighted by molar-refractivity contribution is -0.123. The number of aliphatic hydroxyl groups is 2. The van der Waals surface area contributed by atoms with Crippen LogP contribution in [0.15, 0.2) is 35.0 Å². The molecule has 2 saturated heterocycles. The SMILES string of the molecule is O=C(CO)NCCn1cnc2c(ncn2[C@@H]2O[C@H](COP(O)S)[C@@H](O)[C@H]2OP(O)(=S)OC[C@@H]2C[C@@H](F)C(n3cc4c5c(ncnc53)SCCC4)O2)c1=O. The Morgan fingerprint density at radius 2 is 2.02 bits per heavy atom. The van der Waals surface area contributed by atoms with E-state index in [1.54, 1.807) is 16.3 Å². The van der Waals surface area contributed by atoms with Crippen molar-refractivity contribution in [3.05, 3.63) is 41.1 Å². The molecule has 0 bridgehead atoms. The molecule has 53 heavy (non-hydrogen) atoms. The molecule has 0 radical (unpaired) electrons. The second kappa shape index (κ2) is 16.5. The number of halogens is 1. The van der Waals surface area contributed by atoms with Crippen molar-refractivity contribution >= 4 is 78.2 Å². The molecule has 4 aromatic heterocycles. The Hall–Kier alpha value is -2.21. The largest absolute Gasteiger partial charge is 0.387 e. The lowest BCUT2D eigenvalue weighted by atomic mass is 10.1. The third-order valence-electron chi connectivity index (χ3n) is 8.87. The smallest absolute Gasteiger partial charge is 0.325 e. The average molecular weight is 837 g/mol. The fourth-order valence-corrected chi connectivity index (χ4v) is 9.35. The molecule has 5 N–H and O–H groups in total. The van der Waals surface area contributed by atoms with Crippen molar-refractivity contribution < 1.29 is 52.2 Å². The number of hydrogen-bond acceptors (Lipinski definition) is 17. The van der Waals surface area contributed by atoms with E-state index >= 15 is 4.39 Å². The minimum absolute atomic E-state index is 0.0332. The number of aliphatic hydroxyl groups excluding tert-OH is 2. The molecule has 7 heterocycles. The molecule has 25 heteroatoms. The van der Waals surface area contributed by atoms with Crippen LogP contribution in [0.5, 0.6) is 0 Å². The minimum atomic E-state index is -4.20. The van der Waals surface area contributed by atoms with Gasteiger partial charge in [0.15, 0.2) is 23.6 Å². The van der Waals surface area contributed by atoms with Crippen LogP contribution in [0.25, 0.3) is 22.2 Å². The van der Waals surface area contributed by atoms with E-state index in [1.807, 2.05) is 6.20 Å². The molecule has 9 atom stereocenters. The number of thioether (sulfide) groups is 1. The standard InChI is InChI=1S/C28H35FN8O11P2S3/c29-16-6-15(46-27(16)36-7-14-2-1-5-53-25-19(14)23(36)31-11-32-25)9-45-50(43,52)48-22-21(40)17(10-44-49(42)51)47-28(22)37-13-33-20-24(37)34-12-35(26(20)41)4-3-30-18(39)8-38/h7,11-13,15-17,21-22,27-28,38,40,42,51H,1-6,8-10H2,(H,30,39)(H,43,52)/t15-,16+,17+,21+,22+,27?,28+,49?,50?/m0/s1. The molecule has 2 fully saturated rings. The van der Waals surface area contributed by atoms with Gasteiger partial charge in [0.25, 0.3) is 5.56 Å². The number of nitrogens with zero attached hydrogens (tertiary/aromatic N) is 7.